The molecular weight excluding hydrogens is 176 g/mol. The molecule has 0 unspecified atom stereocenters. The largest absolute Gasteiger partial charge is 0.481 e. The van der Waals surface area contributed by atoms with E-state index in [1.807, 2.05) is 24.3 Å². The Hall–Kier alpha value is -1.02. The van der Waals surface area contributed by atoms with Crippen LogP contribution in [0.2, 0.25) is 0 Å². The predicted octanol–water partition coefficient (Wildman–Crippen LogP) is 1.76. The molecule has 0 radical (unpaired) electrons. The van der Waals surface area contributed by atoms with Crippen LogP contribution in [-0.2, 0) is 11.2 Å². The Kier molecular flexibility index (Phi) is 1.77. The number of benzene rings is 1. The molecule has 0 saturated heterocycles. The topological polar surface area (TPSA) is 26.3 Å². The molecule has 1 heterocycles. The molecule has 2 nitrogen and oxygen atoms in total. The summed E-state index contributed by atoms with van der Waals surface area (Å²) in [6.07, 6.45) is 0.113. The Morgan fingerprint density at radius 1 is 1.50 bits per heavy atom. The van der Waals surface area contributed by atoms with E-state index in [9.17, 15) is 4.79 Å². The first-order valence-electron chi connectivity index (χ1n) is 3.71. The van der Waals surface area contributed by atoms with Crippen molar-refractivity contribution in [2.75, 3.05) is 0 Å². The maximum atomic E-state index is 10.8. The van der Waals surface area contributed by atoms with Gasteiger partial charge in [0.1, 0.15) is 5.75 Å². The van der Waals surface area contributed by atoms with Crippen molar-refractivity contribution in [2.24, 2.45) is 0 Å². The lowest BCUT2D eigenvalue weighted by Gasteiger charge is -2.02. The monoisotopic (exact) mass is 182 g/mol. The van der Waals surface area contributed by atoms with Crippen LogP contribution in [0.4, 0.5) is 0 Å². The van der Waals surface area contributed by atoms with E-state index in [2.05, 4.69) is 0 Å². The molecule has 1 atom stereocenters. The van der Waals surface area contributed by atoms with Gasteiger partial charge in [-0.05, 0) is 23.2 Å². The molecule has 1 aromatic carbocycles. The van der Waals surface area contributed by atoms with Gasteiger partial charge < -0.3 is 4.74 Å². The van der Waals surface area contributed by atoms with Crippen molar-refractivity contribution in [3.05, 3.63) is 29.8 Å². The van der Waals surface area contributed by atoms with Crippen molar-refractivity contribution in [3.8, 4) is 5.75 Å². The van der Waals surface area contributed by atoms with Crippen molar-refractivity contribution in [3.63, 3.8) is 0 Å². The highest BCUT2D eigenvalue weighted by Crippen LogP contribution is 2.28. The number of ether oxygens (including phenoxy) is 1. The van der Waals surface area contributed by atoms with Crippen LogP contribution >= 0.6 is 11.6 Å². The molecule has 1 aromatic rings. The number of carbonyl (C=O) groups is 1. The minimum Gasteiger partial charge on any atom is -0.481 e. The predicted molar refractivity (Wildman–Crippen MR) is 45.4 cm³/mol. The second-order valence-corrected chi connectivity index (χ2v) is 3.09. The van der Waals surface area contributed by atoms with Gasteiger partial charge in [-0.2, -0.15) is 0 Å². The van der Waals surface area contributed by atoms with Crippen LogP contribution in [-0.4, -0.2) is 11.3 Å². The molecule has 3 heteroatoms. The first-order valence-corrected chi connectivity index (χ1v) is 4.09. The van der Waals surface area contributed by atoms with E-state index in [0.717, 1.165) is 11.3 Å². The fraction of sp³-hybridized carbons (Fsp3) is 0.222. The Balaban J connectivity index is 2.27. The summed E-state index contributed by atoms with van der Waals surface area (Å²) < 4.78 is 5.29. The fourth-order valence-corrected chi connectivity index (χ4v) is 1.43. The lowest BCUT2D eigenvalue weighted by Crippen LogP contribution is -2.20. The molecule has 1 aliphatic heterocycles. The first-order chi connectivity index (χ1) is 5.77. The van der Waals surface area contributed by atoms with Crippen LogP contribution in [0.25, 0.3) is 0 Å². The van der Waals surface area contributed by atoms with Crippen molar-refractivity contribution in [1.29, 1.82) is 0 Å². The van der Waals surface area contributed by atoms with Gasteiger partial charge in [-0.15, -0.1) is 0 Å². The summed E-state index contributed by atoms with van der Waals surface area (Å²) >= 11 is 5.31. The number of rotatable bonds is 1. The Morgan fingerprint density at radius 2 is 2.25 bits per heavy atom. The van der Waals surface area contributed by atoms with E-state index < -0.39 is 11.3 Å². The SMILES string of the molecule is O=C(Cl)[C@@H]1Cc2ccccc2O1. The highest BCUT2D eigenvalue weighted by molar-refractivity contribution is 6.64. The van der Waals surface area contributed by atoms with Gasteiger partial charge in [0.05, 0.1) is 0 Å². The van der Waals surface area contributed by atoms with Gasteiger partial charge in [-0.1, -0.05) is 18.2 Å². The highest BCUT2D eigenvalue weighted by atomic mass is 35.5. The summed E-state index contributed by atoms with van der Waals surface area (Å²) in [5.74, 6) is 0.775. The van der Waals surface area contributed by atoms with Crippen LogP contribution in [0.5, 0.6) is 5.75 Å². The van der Waals surface area contributed by atoms with Crippen LogP contribution in [0.15, 0.2) is 24.3 Å². The van der Waals surface area contributed by atoms with Gasteiger partial charge in [0.2, 0.25) is 0 Å². The van der Waals surface area contributed by atoms with Gasteiger partial charge in [-0.25, -0.2) is 0 Å². The van der Waals surface area contributed by atoms with Gasteiger partial charge in [0.15, 0.2) is 6.10 Å². The number of hydrogen-bond acceptors (Lipinski definition) is 2. The number of hydrogen-bond donors (Lipinski definition) is 0. The van der Waals surface area contributed by atoms with Gasteiger partial charge in [-0.3, -0.25) is 4.79 Å². The summed E-state index contributed by atoms with van der Waals surface area (Å²) in [6, 6.07) is 7.58. The summed E-state index contributed by atoms with van der Waals surface area (Å²) in [6.45, 7) is 0. The molecule has 0 saturated carbocycles. The molecule has 1 aliphatic rings. The second-order valence-electron chi connectivity index (χ2n) is 2.72. The van der Waals surface area contributed by atoms with Crippen molar-refractivity contribution >= 4 is 16.8 Å². The summed E-state index contributed by atoms with van der Waals surface area (Å²) in [7, 11) is 0. The number of fused-ring (bicyclic) bond motifs is 1. The molecule has 2 rings (SSSR count). The van der Waals surface area contributed by atoms with Crippen LogP contribution < -0.4 is 4.74 Å². The van der Waals surface area contributed by atoms with E-state index in [4.69, 9.17) is 16.3 Å². The Bertz CT molecular complexity index is 297. The average molecular weight is 183 g/mol. The summed E-state index contributed by atoms with van der Waals surface area (Å²) in [4.78, 5) is 10.8. The molecular formula is C9H7ClO2. The smallest absolute Gasteiger partial charge is 0.262 e. The average Bonchev–Trinajstić information content (AvgIpc) is 2.46. The second kappa shape index (κ2) is 2.79. The molecule has 0 amide bonds. The summed E-state index contributed by atoms with van der Waals surface area (Å²) in [5.41, 5.74) is 1.05. The molecule has 0 N–H and O–H groups in total. The van der Waals surface area contributed by atoms with E-state index in [1.165, 1.54) is 0 Å². The highest BCUT2D eigenvalue weighted by Gasteiger charge is 2.26. The molecule has 0 aromatic heterocycles. The fourth-order valence-electron chi connectivity index (χ4n) is 1.31. The van der Waals surface area contributed by atoms with E-state index >= 15 is 0 Å². The number of halogens is 1. The van der Waals surface area contributed by atoms with E-state index in [-0.39, 0.29) is 0 Å². The number of para-hydroxylation sites is 1. The normalized spacial score (nSPS) is 19.9. The number of carbonyl (C=O) groups excluding carboxylic acids is 1. The third kappa shape index (κ3) is 1.18. The van der Waals surface area contributed by atoms with Crippen molar-refractivity contribution in [2.45, 2.75) is 12.5 Å². The standard InChI is InChI=1S/C9H7ClO2/c10-9(11)8-5-6-3-1-2-4-7(6)12-8/h1-4,8H,5H2/t8-/m0/s1. The van der Waals surface area contributed by atoms with Crippen LogP contribution in [0.3, 0.4) is 0 Å². The van der Waals surface area contributed by atoms with Crippen LogP contribution in [0.1, 0.15) is 5.56 Å². The Morgan fingerprint density at radius 3 is 2.92 bits per heavy atom. The minimum absolute atomic E-state index is 0.425. The first kappa shape index (κ1) is 7.62. The van der Waals surface area contributed by atoms with E-state index in [0.29, 0.717) is 6.42 Å². The van der Waals surface area contributed by atoms with Crippen LogP contribution in [0, 0.1) is 0 Å². The molecule has 12 heavy (non-hydrogen) atoms. The molecule has 0 bridgehead atoms. The van der Waals surface area contributed by atoms with E-state index in [1.54, 1.807) is 0 Å². The molecule has 0 fully saturated rings. The van der Waals surface area contributed by atoms with Gasteiger partial charge in [0, 0.05) is 6.42 Å². The van der Waals surface area contributed by atoms with Crippen molar-refractivity contribution in [1.82, 2.24) is 0 Å². The van der Waals surface area contributed by atoms with Gasteiger partial charge in [0.25, 0.3) is 5.24 Å². The van der Waals surface area contributed by atoms with Gasteiger partial charge >= 0.3 is 0 Å². The zero-order valence-electron chi connectivity index (χ0n) is 6.29. The van der Waals surface area contributed by atoms with Crippen molar-refractivity contribution < 1.29 is 9.53 Å². The third-order valence-corrected chi connectivity index (χ3v) is 2.14. The maximum absolute atomic E-state index is 10.8. The molecule has 0 spiro atoms. The minimum atomic E-state index is -0.482. The lowest BCUT2D eigenvalue weighted by atomic mass is 10.1. The zero-order valence-corrected chi connectivity index (χ0v) is 7.04. The lowest BCUT2D eigenvalue weighted by molar-refractivity contribution is -0.117. The third-order valence-electron chi connectivity index (χ3n) is 1.90. The summed E-state index contributed by atoms with van der Waals surface area (Å²) in [5, 5.41) is -0.425. The molecule has 62 valence electrons. The molecule has 0 aliphatic carbocycles. The Labute approximate surface area is 75.1 Å². The maximum Gasteiger partial charge on any atom is 0.262 e. The quantitative estimate of drug-likeness (QED) is 0.619. The zero-order chi connectivity index (χ0) is 8.55.